The van der Waals surface area contributed by atoms with Gasteiger partial charge in [-0.2, -0.15) is 0 Å². The highest BCUT2D eigenvalue weighted by atomic mass is 16.5. The van der Waals surface area contributed by atoms with Gasteiger partial charge in [-0.05, 0) is 44.9 Å². The average molecular weight is 860 g/mol. The molecule has 0 aliphatic rings. The van der Waals surface area contributed by atoms with Crippen molar-refractivity contribution in [1.29, 1.82) is 0 Å². The lowest BCUT2D eigenvalue weighted by atomic mass is 10.0. The number of esters is 1. The van der Waals surface area contributed by atoms with Crippen LogP contribution in [0.15, 0.2) is 12.2 Å². The predicted molar refractivity (Wildman–Crippen MR) is 273 cm³/mol. The molecule has 364 valence electrons. The van der Waals surface area contributed by atoms with E-state index in [1.54, 1.807) is 0 Å². The molecule has 0 atom stereocenters. The van der Waals surface area contributed by atoms with Gasteiger partial charge < -0.3 is 9.84 Å². The average Bonchev–Trinajstić information content (AvgIpc) is 3.27. The zero-order valence-corrected chi connectivity index (χ0v) is 42.1. The van der Waals surface area contributed by atoms with E-state index in [-0.39, 0.29) is 5.97 Å². The smallest absolute Gasteiger partial charge is 0.305 e. The second-order valence-corrected chi connectivity index (χ2v) is 19.7. The van der Waals surface area contributed by atoms with Gasteiger partial charge in [-0.1, -0.05) is 302 Å². The van der Waals surface area contributed by atoms with E-state index >= 15 is 0 Å². The van der Waals surface area contributed by atoms with Crippen LogP contribution in [-0.4, -0.2) is 24.3 Å². The van der Waals surface area contributed by atoms with E-state index in [9.17, 15) is 4.79 Å². The first-order valence-corrected chi connectivity index (χ1v) is 28.7. The van der Waals surface area contributed by atoms with Crippen molar-refractivity contribution in [2.75, 3.05) is 13.2 Å². The van der Waals surface area contributed by atoms with Gasteiger partial charge in [0.1, 0.15) is 0 Å². The highest BCUT2D eigenvalue weighted by molar-refractivity contribution is 5.69. The summed E-state index contributed by atoms with van der Waals surface area (Å²) in [6.07, 6.45) is 75.4. The molecule has 3 heteroatoms. The first-order valence-electron chi connectivity index (χ1n) is 28.7. The molecule has 0 aromatic heterocycles. The summed E-state index contributed by atoms with van der Waals surface area (Å²) in [4.78, 5) is 12.1. The van der Waals surface area contributed by atoms with Crippen molar-refractivity contribution < 1.29 is 14.6 Å². The zero-order valence-electron chi connectivity index (χ0n) is 42.1. The molecule has 0 amide bonds. The Hall–Kier alpha value is -0.830. The first-order chi connectivity index (χ1) is 30.3. The third-order valence-electron chi connectivity index (χ3n) is 13.5. The fourth-order valence-electron chi connectivity index (χ4n) is 9.18. The molecule has 0 aliphatic heterocycles. The van der Waals surface area contributed by atoms with Crippen LogP contribution in [0.1, 0.15) is 341 Å². The van der Waals surface area contributed by atoms with Gasteiger partial charge in [-0.3, -0.25) is 4.79 Å². The Labute approximate surface area is 385 Å². The lowest BCUT2D eigenvalue weighted by Gasteiger charge is -2.06. The lowest BCUT2D eigenvalue weighted by molar-refractivity contribution is -0.143. The SMILES string of the molecule is CCCCCCCCC=CCCCCCCCCCCCC(=O)OCCCCCCCCCCCCCCCCCCCCCCCCCCCCCCCCCCCCO. The number of unbranched alkanes of at least 4 members (excludes halogenated alkanes) is 48. The Kier molecular flexibility index (Phi) is 56.4. The van der Waals surface area contributed by atoms with Crippen LogP contribution in [0.4, 0.5) is 0 Å². The Balaban J connectivity index is 3.15. The first kappa shape index (κ1) is 60.2. The minimum absolute atomic E-state index is 0.0272. The third kappa shape index (κ3) is 57.2. The molecule has 1 N–H and O–H groups in total. The highest BCUT2D eigenvalue weighted by Crippen LogP contribution is 2.18. The van der Waals surface area contributed by atoms with Gasteiger partial charge in [0, 0.05) is 13.0 Å². The molecule has 3 nitrogen and oxygen atoms in total. The summed E-state index contributed by atoms with van der Waals surface area (Å²) in [7, 11) is 0. The van der Waals surface area contributed by atoms with Crippen LogP contribution in [0, 0.1) is 0 Å². The van der Waals surface area contributed by atoms with E-state index in [1.165, 1.54) is 308 Å². The molecule has 0 saturated heterocycles. The number of carbonyl (C=O) groups excluding carboxylic acids is 1. The summed E-state index contributed by atoms with van der Waals surface area (Å²) in [5, 5.41) is 8.83. The molecular formula is C58H114O3. The van der Waals surface area contributed by atoms with Gasteiger partial charge in [0.05, 0.1) is 6.61 Å². The number of carbonyl (C=O) groups is 1. The summed E-state index contributed by atoms with van der Waals surface area (Å²) < 4.78 is 5.50. The zero-order chi connectivity index (χ0) is 43.9. The summed E-state index contributed by atoms with van der Waals surface area (Å²) in [6, 6.07) is 0. The second-order valence-electron chi connectivity index (χ2n) is 19.7. The monoisotopic (exact) mass is 859 g/mol. The largest absolute Gasteiger partial charge is 0.466 e. The lowest BCUT2D eigenvalue weighted by Crippen LogP contribution is -2.05. The molecule has 0 aromatic carbocycles. The maximum absolute atomic E-state index is 12.1. The fourth-order valence-corrected chi connectivity index (χ4v) is 9.18. The normalized spacial score (nSPS) is 11.7. The van der Waals surface area contributed by atoms with Crippen molar-refractivity contribution in [3.63, 3.8) is 0 Å². The Bertz CT molecular complexity index is 807. The van der Waals surface area contributed by atoms with Gasteiger partial charge in [-0.15, -0.1) is 0 Å². The van der Waals surface area contributed by atoms with E-state index in [1.807, 2.05) is 0 Å². The number of aliphatic hydroxyl groups is 1. The van der Waals surface area contributed by atoms with E-state index in [0.29, 0.717) is 19.6 Å². The molecule has 0 unspecified atom stereocenters. The van der Waals surface area contributed by atoms with Crippen LogP contribution in [-0.2, 0) is 9.53 Å². The van der Waals surface area contributed by atoms with E-state index in [4.69, 9.17) is 9.84 Å². The summed E-state index contributed by atoms with van der Waals surface area (Å²) in [6.45, 7) is 3.29. The third-order valence-corrected chi connectivity index (χ3v) is 13.5. The number of rotatable bonds is 55. The maximum Gasteiger partial charge on any atom is 0.305 e. The van der Waals surface area contributed by atoms with Crippen LogP contribution in [0.25, 0.3) is 0 Å². The van der Waals surface area contributed by atoms with Crippen molar-refractivity contribution in [3.05, 3.63) is 12.2 Å². The molecule has 0 radical (unpaired) electrons. The molecule has 0 saturated carbocycles. The molecule has 0 rings (SSSR count). The summed E-state index contributed by atoms with van der Waals surface area (Å²) >= 11 is 0. The molecule has 61 heavy (non-hydrogen) atoms. The number of hydrogen-bond donors (Lipinski definition) is 1. The van der Waals surface area contributed by atoms with Crippen LogP contribution in [0.5, 0.6) is 0 Å². The van der Waals surface area contributed by atoms with Crippen molar-refractivity contribution in [2.24, 2.45) is 0 Å². The van der Waals surface area contributed by atoms with Gasteiger partial charge in [-0.25, -0.2) is 0 Å². The Morgan fingerprint density at radius 1 is 0.311 bits per heavy atom. The summed E-state index contributed by atoms with van der Waals surface area (Å²) in [5.41, 5.74) is 0. The summed E-state index contributed by atoms with van der Waals surface area (Å²) in [5.74, 6) is 0.0272. The number of aliphatic hydroxyl groups excluding tert-OH is 1. The Morgan fingerprint density at radius 3 is 0.820 bits per heavy atom. The predicted octanol–water partition coefficient (Wildman–Crippen LogP) is 20.4. The minimum atomic E-state index is 0.0272. The number of ether oxygens (including phenoxy) is 1. The quantitative estimate of drug-likeness (QED) is 0.0377. The molecule has 0 spiro atoms. The highest BCUT2D eigenvalue weighted by Gasteiger charge is 2.03. The second kappa shape index (κ2) is 57.2. The van der Waals surface area contributed by atoms with Gasteiger partial charge in [0.25, 0.3) is 0 Å². The Morgan fingerprint density at radius 2 is 0.541 bits per heavy atom. The molecule has 0 aromatic rings. The van der Waals surface area contributed by atoms with E-state index in [2.05, 4.69) is 19.1 Å². The van der Waals surface area contributed by atoms with Crippen LogP contribution in [0.3, 0.4) is 0 Å². The van der Waals surface area contributed by atoms with Crippen molar-refractivity contribution in [2.45, 2.75) is 341 Å². The molecule has 0 heterocycles. The van der Waals surface area contributed by atoms with Gasteiger partial charge in [0.2, 0.25) is 0 Å². The van der Waals surface area contributed by atoms with Crippen LogP contribution < -0.4 is 0 Å². The fraction of sp³-hybridized carbons (Fsp3) is 0.948. The minimum Gasteiger partial charge on any atom is -0.466 e. The standard InChI is InChI=1S/C58H114O3/c1-2-3-4-5-6-7-8-9-10-11-28-31-34-37-40-43-46-49-52-55-58(60)61-57-54-51-48-45-42-39-36-33-30-27-25-23-21-19-17-15-13-12-14-16-18-20-22-24-26-29-32-35-38-41-44-47-50-53-56-59/h9-10,59H,2-8,11-57H2,1H3. The van der Waals surface area contributed by atoms with Crippen LogP contribution >= 0.6 is 0 Å². The van der Waals surface area contributed by atoms with Crippen LogP contribution in [0.2, 0.25) is 0 Å². The van der Waals surface area contributed by atoms with Crippen molar-refractivity contribution in [1.82, 2.24) is 0 Å². The maximum atomic E-state index is 12.1. The van der Waals surface area contributed by atoms with Crippen molar-refractivity contribution in [3.8, 4) is 0 Å². The van der Waals surface area contributed by atoms with Gasteiger partial charge >= 0.3 is 5.97 Å². The number of allylic oxidation sites excluding steroid dienone is 2. The molecule has 0 aliphatic carbocycles. The molecule has 0 bridgehead atoms. The van der Waals surface area contributed by atoms with E-state index in [0.717, 1.165) is 19.3 Å². The van der Waals surface area contributed by atoms with Gasteiger partial charge in [0.15, 0.2) is 0 Å². The van der Waals surface area contributed by atoms with Crippen molar-refractivity contribution >= 4 is 5.97 Å². The number of hydrogen-bond acceptors (Lipinski definition) is 3. The topological polar surface area (TPSA) is 46.5 Å². The molecule has 0 fully saturated rings. The molecular weight excluding hydrogens is 745 g/mol. The van der Waals surface area contributed by atoms with E-state index < -0.39 is 0 Å².